The van der Waals surface area contributed by atoms with Crippen molar-refractivity contribution < 1.29 is 25.8 Å². The number of pyridine rings is 1. The fourth-order valence-corrected chi connectivity index (χ4v) is 8.31. The van der Waals surface area contributed by atoms with Gasteiger partial charge in [-0.1, -0.05) is 105 Å². The van der Waals surface area contributed by atoms with Crippen LogP contribution in [0, 0.1) is 25.7 Å². The van der Waals surface area contributed by atoms with Crippen molar-refractivity contribution in [3.05, 3.63) is 176 Å². The minimum absolute atomic E-state index is 0. The van der Waals surface area contributed by atoms with Crippen LogP contribution in [0.15, 0.2) is 146 Å². The first-order valence-corrected chi connectivity index (χ1v) is 17.8. The van der Waals surface area contributed by atoms with Gasteiger partial charge < -0.3 is 9.30 Å². The molecular formula is C47H37N4OPt-. The second-order valence-corrected chi connectivity index (χ2v) is 14.9. The molecule has 0 bridgehead atoms. The number of aryl methyl sites for hydroxylation is 1. The third-order valence-electron chi connectivity index (χ3n) is 10.8. The van der Waals surface area contributed by atoms with E-state index >= 15 is 0 Å². The summed E-state index contributed by atoms with van der Waals surface area (Å²) in [5.74, 6) is 2.14. The molecule has 53 heavy (non-hydrogen) atoms. The molecule has 0 amide bonds. The summed E-state index contributed by atoms with van der Waals surface area (Å²) in [7, 11) is 0. The molecule has 2 aliphatic heterocycles. The van der Waals surface area contributed by atoms with Crippen LogP contribution in [0.4, 0.5) is 22.7 Å². The van der Waals surface area contributed by atoms with E-state index in [4.69, 9.17) is 9.72 Å². The van der Waals surface area contributed by atoms with Crippen molar-refractivity contribution in [2.45, 2.75) is 33.1 Å². The molecule has 0 spiro atoms. The molecule has 8 aromatic rings. The number of hydrogen-bond donors (Lipinski definition) is 0. The molecule has 0 radical (unpaired) electrons. The van der Waals surface area contributed by atoms with Crippen LogP contribution >= 0.6 is 0 Å². The summed E-state index contributed by atoms with van der Waals surface area (Å²) in [6.45, 7) is 11.3. The van der Waals surface area contributed by atoms with Crippen LogP contribution < -0.4 is 13.9 Å². The van der Waals surface area contributed by atoms with Gasteiger partial charge in [-0.15, -0.1) is 29.7 Å². The molecule has 6 heteroatoms. The summed E-state index contributed by atoms with van der Waals surface area (Å²) < 4.78 is 9.98. The number of ether oxygens (including phenoxy) is 1. The molecule has 4 heterocycles. The topological polar surface area (TPSA) is 27.1 Å². The van der Waals surface area contributed by atoms with E-state index in [1.165, 1.54) is 39.3 Å². The summed E-state index contributed by atoms with van der Waals surface area (Å²) >= 11 is 0. The summed E-state index contributed by atoms with van der Waals surface area (Å²) in [5.41, 5.74) is 11.8. The van der Waals surface area contributed by atoms with E-state index in [0.29, 0.717) is 20.7 Å². The van der Waals surface area contributed by atoms with E-state index in [1.54, 1.807) is 0 Å². The molecule has 6 aromatic carbocycles. The van der Waals surface area contributed by atoms with Gasteiger partial charge in [0.1, 0.15) is 5.82 Å². The number of rotatable bonds is 6. The summed E-state index contributed by atoms with van der Waals surface area (Å²) in [6.07, 6.45) is 1.90. The number of nitrogens with zero attached hydrogens (tertiary/aromatic N) is 4. The Morgan fingerprint density at radius 2 is 1.36 bits per heavy atom. The number of hydrogen-bond acceptors (Lipinski definition) is 2. The molecule has 1 fully saturated rings. The Hall–Kier alpha value is -5.32. The minimum atomic E-state index is -0.00794. The smallest absolute Gasteiger partial charge is 0.225 e. The minimum Gasteiger partial charge on any atom is -0.509 e. The monoisotopic (exact) mass is 868 g/mol. The van der Waals surface area contributed by atoms with Crippen LogP contribution in [0.2, 0.25) is 0 Å². The van der Waals surface area contributed by atoms with E-state index in [1.807, 2.05) is 18.3 Å². The zero-order valence-corrected chi connectivity index (χ0v) is 32.2. The number of aromatic nitrogens is 2. The van der Waals surface area contributed by atoms with Gasteiger partial charge in [-0.25, -0.2) is 9.58 Å². The Labute approximate surface area is 324 Å². The van der Waals surface area contributed by atoms with E-state index < -0.39 is 0 Å². The molecule has 1 saturated heterocycles. The van der Waals surface area contributed by atoms with Crippen LogP contribution in [0.5, 0.6) is 11.5 Å². The van der Waals surface area contributed by atoms with Crippen molar-refractivity contribution in [3.8, 4) is 28.4 Å². The SMILES string of the molecule is Cc1cccc([N@+]23[CH-][N+]2(c2[c-]c(Oc4[c-]c5c(cc4)c4ccccc4n5-c4cc(C(C)(C)C)ccn4)ccc2)c2ccccc23)c1-c1ccccc1.[Pt]. The number of para-hydroxylation sites is 3. The number of fused-ring (bicyclic) bond motifs is 7. The van der Waals surface area contributed by atoms with Crippen molar-refractivity contribution in [3.63, 3.8) is 0 Å². The Balaban J connectivity index is 0.00000372. The molecule has 262 valence electrons. The van der Waals surface area contributed by atoms with Crippen molar-refractivity contribution in [1.29, 1.82) is 0 Å². The van der Waals surface area contributed by atoms with Crippen LogP contribution in [-0.4, -0.2) is 9.55 Å². The molecule has 5 nitrogen and oxygen atoms in total. The van der Waals surface area contributed by atoms with Crippen molar-refractivity contribution in [2.75, 3.05) is 0 Å². The fraction of sp³-hybridized carbons (Fsp3) is 0.106. The molecular weight excluding hydrogens is 832 g/mol. The quantitative estimate of drug-likeness (QED) is 0.0946. The molecule has 0 aliphatic carbocycles. The molecule has 2 atom stereocenters. The normalized spacial score (nSPS) is 18.5. The van der Waals surface area contributed by atoms with Crippen LogP contribution in [0.1, 0.15) is 31.9 Å². The zero-order chi connectivity index (χ0) is 35.2. The Bertz CT molecular complexity index is 2710. The summed E-state index contributed by atoms with van der Waals surface area (Å²) in [6, 6.07) is 56.6. The van der Waals surface area contributed by atoms with Gasteiger partial charge in [0.05, 0.1) is 5.69 Å². The summed E-state index contributed by atoms with van der Waals surface area (Å²) in [5, 5.41) is 2.26. The molecule has 2 aromatic heterocycles. The Kier molecular flexibility index (Phi) is 7.66. The second kappa shape index (κ2) is 12.1. The maximum Gasteiger partial charge on any atom is 0.225 e. The Morgan fingerprint density at radius 3 is 2.17 bits per heavy atom. The van der Waals surface area contributed by atoms with Gasteiger partial charge in [-0.3, -0.25) is 0 Å². The predicted molar refractivity (Wildman–Crippen MR) is 212 cm³/mol. The van der Waals surface area contributed by atoms with Gasteiger partial charge in [0.15, 0.2) is 12.4 Å². The van der Waals surface area contributed by atoms with Crippen molar-refractivity contribution in [1.82, 2.24) is 18.7 Å². The fourth-order valence-electron chi connectivity index (χ4n) is 8.31. The van der Waals surface area contributed by atoms with Crippen molar-refractivity contribution in [2.24, 2.45) is 0 Å². The molecule has 10 rings (SSSR count). The van der Waals surface area contributed by atoms with Gasteiger partial charge in [0, 0.05) is 68.0 Å². The zero-order valence-electron chi connectivity index (χ0n) is 29.9. The van der Waals surface area contributed by atoms with Crippen LogP contribution in [0.25, 0.3) is 38.8 Å². The van der Waals surface area contributed by atoms with Gasteiger partial charge in [-0.05, 0) is 52.6 Å². The number of benzene rings is 6. The third-order valence-corrected chi connectivity index (χ3v) is 10.8. The standard InChI is InChI=1S/C47H37N4O.Pt/c1-32-14-12-23-44(46(32)33-15-6-5-7-16-33)51-31-50(51,42-21-10-11-22-43(42)51)35-17-13-18-36(29-35)52-37-24-25-39-38-19-8-9-20-40(38)49(41(39)30-37)45-28-34(26-27-48-45)47(2,3)4;/h5-28,31H,1-4H3;/q-1;/t50?,51-;/m1./s1. The average Bonchev–Trinajstić information content (AvgIpc) is 3.65. The number of quaternary nitrogens is 2. The first-order valence-electron chi connectivity index (χ1n) is 17.8. The molecule has 0 N–H and O–H groups in total. The molecule has 2 aliphatic rings. The second-order valence-electron chi connectivity index (χ2n) is 14.9. The van der Waals surface area contributed by atoms with Crippen molar-refractivity contribution >= 4 is 44.6 Å². The Morgan fingerprint density at radius 1 is 0.660 bits per heavy atom. The van der Waals surface area contributed by atoms with Crippen LogP contribution in [0.3, 0.4) is 0 Å². The summed E-state index contributed by atoms with van der Waals surface area (Å²) in [4.78, 5) is 4.84. The molecule has 0 saturated carbocycles. The van der Waals surface area contributed by atoms with Gasteiger partial charge in [-0.2, -0.15) is 16.7 Å². The van der Waals surface area contributed by atoms with Gasteiger partial charge in [0.25, 0.3) is 0 Å². The maximum absolute atomic E-state index is 6.64. The van der Waals surface area contributed by atoms with E-state index in [-0.39, 0.29) is 26.5 Å². The van der Waals surface area contributed by atoms with Crippen LogP contribution in [-0.2, 0) is 26.5 Å². The van der Waals surface area contributed by atoms with E-state index in [2.05, 4.69) is 178 Å². The molecule has 1 unspecified atom stereocenters. The average molecular weight is 869 g/mol. The first-order chi connectivity index (χ1) is 25.3. The largest absolute Gasteiger partial charge is 0.509 e. The van der Waals surface area contributed by atoms with E-state index in [0.717, 1.165) is 33.3 Å². The van der Waals surface area contributed by atoms with Gasteiger partial charge >= 0.3 is 0 Å². The maximum atomic E-state index is 6.64. The van der Waals surface area contributed by atoms with Gasteiger partial charge in [0.2, 0.25) is 11.4 Å². The predicted octanol–water partition coefficient (Wildman–Crippen LogP) is 12.2. The third kappa shape index (κ3) is 4.84. The first kappa shape index (κ1) is 33.5. The van der Waals surface area contributed by atoms with E-state index in [9.17, 15) is 0 Å².